The summed E-state index contributed by atoms with van der Waals surface area (Å²) in [6.45, 7) is 0. The molecule has 0 fully saturated rings. The van der Waals surface area contributed by atoms with Crippen LogP contribution in [0.3, 0.4) is 0 Å². The average Bonchev–Trinajstić information content (AvgIpc) is 2.56. The van der Waals surface area contributed by atoms with E-state index in [1.54, 1.807) is 6.08 Å². The van der Waals surface area contributed by atoms with E-state index >= 15 is 0 Å². The first-order chi connectivity index (χ1) is 10.7. The van der Waals surface area contributed by atoms with Crippen LogP contribution in [0, 0.1) is 5.92 Å². The van der Waals surface area contributed by atoms with E-state index in [1.165, 1.54) is 5.56 Å². The number of aliphatic hydroxyl groups is 1. The number of aliphatic hydroxyl groups excluding tert-OH is 1. The summed E-state index contributed by atoms with van der Waals surface area (Å²) in [5.41, 5.74) is 4.29. The molecule has 2 aromatic carbocycles. The van der Waals surface area contributed by atoms with E-state index in [0.29, 0.717) is 12.8 Å². The molecule has 110 valence electrons. The molecule has 2 heteroatoms. The van der Waals surface area contributed by atoms with E-state index in [2.05, 4.69) is 12.1 Å². The molecule has 4 rings (SSSR count). The Bertz CT molecular complexity index is 745. The molecule has 0 radical (unpaired) electrons. The number of carbonyl (C=O) groups is 1. The van der Waals surface area contributed by atoms with E-state index in [1.807, 2.05) is 42.5 Å². The van der Waals surface area contributed by atoms with Gasteiger partial charge in [0.05, 0.1) is 6.10 Å². The Kier molecular flexibility index (Phi) is 3.20. The van der Waals surface area contributed by atoms with E-state index in [9.17, 15) is 9.90 Å². The Hall–Kier alpha value is -2.19. The molecule has 0 heterocycles. The summed E-state index contributed by atoms with van der Waals surface area (Å²) >= 11 is 0. The normalized spacial score (nSPS) is 26.9. The quantitative estimate of drug-likeness (QED) is 0.865. The third kappa shape index (κ3) is 2.11. The van der Waals surface area contributed by atoms with Crippen LogP contribution in [0.2, 0.25) is 0 Å². The van der Waals surface area contributed by atoms with Crippen LogP contribution >= 0.6 is 0 Å². The number of carbonyl (C=O) groups excluding carboxylic acids is 1. The van der Waals surface area contributed by atoms with Crippen molar-refractivity contribution in [2.75, 3.05) is 0 Å². The molecule has 2 nitrogen and oxygen atoms in total. The topological polar surface area (TPSA) is 37.3 Å². The van der Waals surface area contributed by atoms with Crippen molar-refractivity contribution in [3.8, 4) is 0 Å². The fourth-order valence-electron chi connectivity index (χ4n) is 3.95. The highest BCUT2D eigenvalue weighted by atomic mass is 16.3. The van der Waals surface area contributed by atoms with Crippen molar-refractivity contribution in [2.45, 2.75) is 24.9 Å². The predicted octanol–water partition coefficient (Wildman–Crippen LogP) is 3.88. The number of hydrogen-bond acceptors (Lipinski definition) is 2. The number of fused-ring (bicyclic) bond motifs is 3. The third-order valence-electron chi connectivity index (χ3n) is 4.96. The molecule has 0 aromatic heterocycles. The Morgan fingerprint density at radius 1 is 0.909 bits per heavy atom. The number of hydrogen-bond donors (Lipinski definition) is 1. The van der Waals surface area contributed by atoms with Crippen LogP contribution in [0.1, 0.15) is 41.6 Å². The van der Waals surface area contributed by atoms with Gasteiger partial charge in [-0.05, 0) is 46.6 Å². The fraction of sp³-hybridized carbons (Fsp3) is 0.250. The van der Waals surface area contributed by atoms with Gasteiger partial charge in [-0.2, -0.15) is 0 Å². The van der Waals surface area contributed by atoms with Crippen LogP contribution in [0.15, 0.2) is 60.7 Å². The lowest BCUT2D eigenvalue weighted by molar-refractivity contribution is -0.115. The highest BCUT2D eigenvalue weighted by molar-refractivity contribution is 6.00. The van der Waals surface area contributed by atoms with Crippen molar-refractivity contribution >= 4 is 11.4 Å². The fourth-order valence-corrected chi connectivity index (χ4v) is 3.95. The number of rotatable bonds is 1. The second kappa shape index (κ2) is 5.22. The monoisotopic (exact) mass is 290 g/mol. The van der Waals surface area contributed by atoms with Gasteiger partial charge < -0.3 is 5.11 Å². The van der Waals surface area contributed by atoms with Crippen molar-refractivity contribution in [1.82, 2.24) is 0 Å². The van der Waals surface area contributed by atoms with Crippen LogP contribution in [0.4, 0.5) is 0 Å². The van der Waals surface area contributed by atoms with Gasteiger partial charge in [-0.15, -0.1) is 0 Å². The predicted molar refractivity (Wildman–Crippen MR) is 86.3 cm³/mol. The van der Waals surface area contributed by atoms with Gasteiger partial charge in [-0.3, -0.25) is 4.79 Å². The Balaban J connectivity index is 1.84. The van der Waals surface area contributed by atoms with Crippen LogP contribution in [0.5, 0.6) is 0 Å². The molecule has 2 aliphatic rings. The van der Waals surface area contributed by atoms with E-state index in [0.717, 1.165) is 16.7 Å². The second-order valence-corrected chi connectivity index (χ2v) is 6.23. The number of ketones is 1. The third-order valence-corrected chi connectivity index (χ3v) is 4.96. The highest BCUT2D eigenvalue weighted by Crippen LogP contribution is 2.50. The molecular formula is C20H18O2. The van der Waals surface area contributed by atoms with Crippen LogP contribution in [-0.2, 0) is 4.79 Å². The molecule has 3 atom stereocenters. The maximum Gasteiger partial charge on any atom is 0.156 e. The molecular weight excluding hydrogens is 272 g/mol. The van der Waals surface area contributed by atoms with E-state index in [4.69, 9.17) is 0 Å². The van der Waals surface area contributed by atoms with Crippen LogP contribution < -0.4 is 0 Å². The minimum atomic E-state index is -0.447. The first kappa shape index (κ1) is 13.5. The molecule has 2 aliphatic carbocycles. The molecule has 0 saturated carbocycles. The van der Waals surface area contributed by atoms with Crippen molar-refractivity contribution in [3.05, 3.63) is 77.4 Å². The molecule has 22 heavy (non-hydrogen) atoms. The highest BCUT2D eigenvalue weighted by Gasteiger charge is 2.38. The molecule has 0 amide bonds. The first-order valence-corrected chi connectivity index (χ1v) is 7.81. The maximum absolute atomic E-state index is 12.3. The van der Waals surface area contributed by atoms with Crippen LogP contribution in [0.25, 0.3) is 5.57 Å². The largest absolute Gasteiger partial charge is 0.388 e. The lowest BCUT2D eigenvalue weighted by Crippen LogP contribution is -2.28. The van der Waals surface area contributed by atoms with Gasteiger partial charge in [0.15, 0.2) is 5.78 Å². The van der Waals surface area contributed by atoms with Gasteiger partial charge in [0.2, 0.25) is 0 Å². The SMILES string of the molecule is O=C1C=C2c3ccccc3[C@@H](O)C[C@H]2[C@H](c2ccccc2)C1. The van der Waals surface area contributed by atoms with Crippen molar-refractivity contribution in [3.63, 3.8) is 0 Å². The lowest BCUT2D eigenvalue weighted by atomic mass is 9.66. The zero-order valence-electron chi connectivity index (χ0n) is 12.3. The summed E-state index contributed by atoms with van der Waals surface area (Å²) in [7, 11) is 0. The van der Waals surface area contributed by atoms with Crippen molar-refractivity contribution in [1.29, 1.82) is 0 Å². The zero-order valence-corrected chi connectivity index (χ0v) is 12.3. The molecule has 0 bridgehead atoms. The van der Waals surface area contributed by atoms with Gasteiger partial charge >= 0.3 is 0 Å². The van der Waals surface area contributed by atoms with E-state index < -0.39 is 6.10 Å². The molecule has 0 unspecified atom stereocenters. The van der Waals surface area contributed by atoms with Crippen molar-refractivity contribution < 1.29 is 9.90 Å². The summed E-state index contributed by atoms with van der Waals surface area (Å²) in [5, 5.41) is 10.5. The molecule has 1 N–H and O–H groups in total. The average molecular weight is 290 g/mol. The molecule has 2 aromatic rings. The maximum atomic E-state index is 12.3. The summed E-state index contributed by atoms with van der Waals surface area (Å²) in [4.78, 5) is 12.3. The Morgan fingerprint density at radius 3 is 2.45 bits per heavy atom. The van der Waals surface area contributed by atoms with Gasteiger partial charge in [0.25, 0.3) is 0 Å². The standard InChI is InChI=1S/C20H18O2/c21-14-10-17(13-6-2-1-3-7-13)19-12-20(22)16-9-5-4-8-15(16)18(19)11-14/h1-9,11,17,19-20,22H,10,12H2/t17-,19-,20-/m0/s1. The molecule has 0 spiro atoms. The number of allylic oxidation sites excluding steroid dienone is 2. The summed E-state index contributed by atoms with van der Waals surface area (Å²) in [6.07, 6.45) is 2.58. The van der Waals surface area contributed by atoms with Gasteiger partial charge in [-0.1, -0.05) is 54.6 Å². The van der Waals surface area contributed by atoms with E-state index in [-0.39, 0.29) is 17.6 Å². The van der Waals surface area contributed by atoms with Gasteiger partial charge in [0, 0.05) is 6.42 Å². The summed E-state index contributed by atoms with van der Waals surface area (Å²) in [5.74, 6) is 0.563. The molecule has 0 aliphatic heterocycles. The summed E-state index contributed by atoms with van der Waals surface area (Å²) in [6, 6.07) is 18.1. The molecule has 0 saturated heterocycles. The van der Waals surface area contributed by atoms with Crippen molar-refractivity contribution in [2.24, 2.45) is 5.92 Å². The zero-order chi connectivity index (χ0) is 15.1. The Morgan fingerprint density at radius 2 is 1.64 bits per heavy atom. The van der Waals surface area contributed by atoms with Crippen LogP contribution in [-0.4, -0.2) is 10.9 Å². The number of benzene rings is 2. The summed E-state index contributed by atoms with van der Waals surface area (Å²) < 4.78 is 0. The Labute approximate surface area is 130 Å². The smallest absolute Gasteiger partial charge is 0.156 e. The lowest BCUT2D eigenvalue weighted by Gasteiger charge is -2.38. The minimum absolute atomic E-state index is 0.164. The van der Waals surface area contributed by atoms with Gasteiger partial charge in [0.1, 0.15) is 0 Å². The first-order valence-electron chi connectivity index (χ1n) is 7.81. The second-order valence-electron chi connectivity index (χ2n) is 6.23. The minimum Gasteiger partial charge on any atom is -0.388 e. The van der Waals surface area contributed by atoms with Gasteiger partial charge in [-0.25, -0.2) is 0 Å².